The molecule has 1 aromatic rings. The lowest BCUT2D eigenvalue weighted by Crippen LogP contribution is -2.40. The number of amides is 1. The standard InChI is InChI=1S/C13H19FN2O2/c1-4-11(15)13(17)16(2)8-9-5-6-12(18-3)10(14)7-9/h5-7,11H,4,8,15H2,1-3H3/t11-/m1/s1. The second kappa shape index (κ2) is 6.35. The van der Waals surface area contributed by atoms with E-state index in [0.717, 1.165) is 0 Å². The molecular weight excluding hydrogens is 235 g/mol. The number of benzene rings is 1. The molecule has 0 radical (unpaired) electrons. The van der Waals surface area contributed by atoms with Gasteiger partial charge in [-0.3, -0.25) is 4.79 Å². The number of carbonyl (C=O) groups excluding carboxylic acids is 1. The summed E-state index contributed by atoms with van der Waals surface area (Å²) in [6, 6.07) is 4.13. The van der Waals surface area contributed by atoms with E-state index in [1.165, 1.54) is 18.1 Å². The number of hydrogen-bond donors (Lipinski definition) is 1. The van der Waals surface area contributed by atoms with Crippen LogP contribution in [0.25, 0.3) is 0 Å². The van der Waals surface area contributed by atoms with Crippen LogP contribution in [0.2, 0.25) is 0 Å². The Morgan fingerprint density at radius 3 is 2.72 bits per heavy atom. The largest absolute Gasteiger partial charge is 0.494 e. The Morgan fingerprint density at radius 1 is 1.56 bits per heavy atom. The van der Waals surface area contributed by atoms with E-state index in [0.29, 0.717) is 18.5 Å². The number of hydrogen-bond acceptors (Lipinski definition) is 3. The molecule has 0 aromatic heterocycles. The van der Waals surface area contributed by atoms with Crippen molar-refractivity contribution >= 4 is 5.91 Å². The summed E-state index contributed by atoms with van der Waals surface area (Å²) in [5.74, 6) is -0.387. The van der Waals surface area contributed by atoms with E-state index >= 15 is 0 Å². The fourth-order valence-corrected chi connectivity index (χ4v) is 1.62. The molecule has 0 saturated carbocycles. The van der Waals surface area contributed by atoms with Gasteiger partial charge in [0.15, 0.2) is 11.6 Å². The first-order valence-electron chi connectivity index (χ1n) is 5.82. The predicted molar refractivity (Wildman–Crippen MR) is 67.7 cm³/mol. The van der Waals surface area contributed by atoms with Crippen LogP contribution in [0, 0.1) is 5.82 Å². The van der Waals surface area contributed by atoms with Crippen LogP contribution in [0.4, 0.5) is 4.39 Å². The summed E-state index contributed by atoms with van der Waals surface area (Å²) in [5.41, 5.74) is 6.36. The first kappa shape index (κ1) is 14.4. The first-order valence-corrected chi connectivity index (χ1v) is 5.82. The van der Waals surface area contributed by atoms with Crippen molar-refractivity contribution in [2.75, 3.05) is 14.2 Å². The molecule has 2 N–H and O–H groups in total. The van der Waals surface area contributed by atoms with Crippen molar-refractivity contribution in [3.05, 3.63) is 29.6 Å². The van der Waals surface area contributed by atoms with E-state index in [4.69, 9.17) is 10.5 Å². The molecule has 4 nitrogen and oxygen atoms in total. The molecule has 0 unspecified atom stereocenters. The summed E-state index contributed by atoms with van der Waals surface area (Å²) < 4.78 is 18.3. The Bertz CT molecular complexity index is 423. The zero-order valence-corrected chi connectivity index (χ0v) is 10.9. The van der Waals surface area contributed by atoms with E-state index < -0.39 is 11.9 Å². The third-order valence-electron chi connectivity index (χ3n) is 2.77. The zero-order chi connectivity index (χ0) is 13.7. The number of methoxy groups -OCH3 is 1. The van der Waals surface area contributed by atoms with Crippen LogP contribution in [0.5, 0.6) is 5.75 Å². The number of nitrogens with two attached hydrogens (primary N) is 1. The van der Waals surface area contributed by atoms with Crippen LogP contribution in [0.3, 0.4) is 0 Å². The van der Waals surface area contributed by atoms with Crippen molar-refractivity contribution in [2.45, 2.75) is 25.9 Å². The molecule has 18 heavy (non-hydrogen) atoms. The number of carbonyl (C=O) groups is 1. The quantitative estimate of drug-likeness (QED) is 0.867. The summed E-state index contributed by atoms with van der Waals surface area (Å²) in [5, 5.41) is 0. The maximum Gasteiger partial charge on any atom is 0.239 e. The Hall–Kier alpha value is -1.62. The lowest BCUT2D eigenvalue weighted by atomic mass is 10.1. The minimum atomic E-state index is -0.502. The van der Waals surface area contributed by atoms with Crippen molar-refractivity contribution in [3.8, 4) is 5.75 Å². The molecule has 5 heteroatoms. The molecular formula is C13H19FN2O2. The van der Waals surface area contributed by atoms with Crippen molar-refractivity contribution in [1.29, 1.82) is 0 Å². The van der Waals surface area contributed by atoms with Gasteiger partial charge in [0.25, 0.3) is 0 Å². The first-order chi connectivity index (χ1) is 8.49. The van der Waals surface area contributed by atoms with Gasteiger partial charge in [-0.2, -0.15) is 0 Å². The Morgan fingerprint density at radius 2 is 2.22 bits per heavy atom. The second-order valence-electron chi connectivity index (χ2n) is 4.18. The number of nitrogens with zero attached hydrogens (tertiary/aromatic N) is 1. The molecule has 1 rings (SSSR count). The molecule has 0 heterocycles. The Balaban J connectivity index is 2.73. The second-order valence-corrected chi connectivity index (χ2v) is 4.18. The number of rotatable bonds is 5. The highest BCUT2D eigenvalue weighted by Gasteiger charge is 2.16. The van der Waals surface area contributed by atoms with Crippen LogP contribution >= 0.6 is 0 Å². The number of halogens is 1. The van der Waals surface area contributed by atoms with Gasteiger partial charge in [0, 0.05) is 13.6 Å². The average molecular weight is 254 g/mol. The van der Waals surface area contributed by atoms with E-state index in [1.807, 2.05) is 6.92 Å². The lowest BCUT2D eigenvalue weighted by molar-refractivity contribution is -0.131. The topological polar surface area (TPSA) is 55.6 Å². The molecule has 0 aliphatic rings. The molecule has 1 amide bonds. The van der Waals surface area contributed by atoms with Gasteiger partial charge in [-0.1, -0.05) is 13.0 Å². The molecule has 100 valence electrons. The number of ether oxygens (including phenoxy) is 1. The summed E-state index contributed by atoms with van der Waals surface area (Å²) in [7, 11) is 3.06. The van der Waals surface area contributed by atoms with Gasteiger partial charge >= 0.3 is 0 Å². The van der Waals surface area contributed by atoms with Gasteiger partial charge in [0.1, 0.15) is 0 Å². The van der Waals surface area contributed by atoms with E-state index in [9.17, 15) is 9.18 Å². The fourth-order valence-electron chi connectivity index (χ4n) is 1.62. The molecule has 0 aliphatic heterocycles. The third-order valence-corrected chi connectivity index (χ3v) is 2.77. The third kappa shape index (κ3) is 3.43. The molecule has 0 spiro atoms. The summed E-state index contributed by atoms with van der Waals surface area (Å²) in [6.45, 7) is 2.18. The van der Waals surface area contributed by atoms with Crippen LogP contribution in [0.1, 0.15) is 18.9 Å². The fraction of sp³-hybridized carbons (Fsp3) is 0.462. The van der Waals surface area contributed by atoms with Crippen LogP contribution in [0.15, 0.2) is 18.2 Å². The highest BCUT2D eigenvalue weighted by Crippen LogP contribution is 2.18. The van der Waals surface area contributed by atoms with E-state index in [1.54, 1.807) is 19.2 Å². The normalized spacial score (nSPS) is 12.1. The predicted octanol–water partition coefficient (Wildman–Crippen LogP) is 1.53. The molecule has 1 atom stereocenters. The van der Waals surface area contributed by atoms with Crippen LogP contribution in [-0.4, -0.2) is 31.0 Å². The van der Waals surface area contributed by atoms with Crippen molar-refractivity contribution < 1.29 is 13.9 Å². The smallest absolute Gasteiger partial charge is 0.239 e. The van der Waals surface area contributed by atoms with Gasteiger partial charge in [-0.25, -0.2) is 4.39 Å². The SMILES string of the molecule is CC[C@@H](N)C(=O)N(C)Cc1ccc(OC)c(F)c1. The van der Waals surface area contributed by atoms with E-state index in [2.05, 4.69) is 0 Å². The van der Waals surface area contributed by atoms with Crippen molar-refractivity contribution in [3.63, 3.8) is 0 Å². The van der Waals surface area contributed by atoms with Crippen LogP contribution in [-0.2, 0) is 11.3 Å². The molecule has 0 aliphatic carbocycles. The van der Waals surface area contributed by atoms with Gasteiger partial charge in [-0.05, 0) is 24.1 Å². The van der Waals surface area contributed by atoms with Gasteiger partial charge in [0.05, 0.1) is 13.2 Å². The Labute approximate surface area is 107 Å². The Kier molecular flexibility index (Phi) is 5.09. The van der Waals surface area contributed by atoms with E-state index in [-0.39, 0.29) is 11.7 Å². The zero-order valence-electron chi connectivity index (χ0n) is 10.9. The molecule has 0 saturated heterocycles. The molecule has 0 fully saturated rings. The highest BCUT2D eigenvalue weighted by molar-refractivity contribution is 5.81. The monoisotopic (exact) mass is 254 g/mol. The minimum absolute atomic E-state index is 0.145. The summed E-state index contributed by atoms with van der Waals surface area (Å²) in [6.07, 6.45) is 0.583. The van der Waals surface area contributed by atoms with Gasteiger partial charge in [-0.15, -0.1) is 0 Å². The van der Waals surface area contributed by atoms with Gasteiger partial charge in [0.2, 0.25) is 5.91 Å². The molecule has 1 aromatic carbocycles. The van der Waals surface area contributed by atoms with Crippen molar-refractivity contribution in [1.82, 2.24) is 4.90 Å². The summed E-state index contributed by atoms with van der Waals surface area (Å²) >= 11 is 0. The van der Waals surface area contributed by atoms with Crippen molar-refractivity contribution in [2.24, 2.45) is 5.73 Å². The average Bonchev–Trinajstić information content (AvgIpc) is 2.37. The maximum absolute atomic E-state index is 13.5. The summed E-state index contributed by atoms with van der Waals surface area (Å²) in [4.78, 5) is 13.3. The lowest BCUT2D eigenvalue weighted by Gasteiger charge is -2.20. The minimum Gasteiger partial charge on any atom is -0.494 e. The maximum atomic E-state index is 13.5. The highest BCUT2D eigenvalue weighted by atomic mass is 19.1. The molecule has 0 bridgehead atoms. The van der Waals surface area contributed by atoms with Gasteiger partial charge < -0.3 is 15.4 Å². The van der Waals surface area contributed by atoms with Crippen LogP contribution < -0.4 is 10.5 Å². The number of likely N-dealkylation sites (N-methyl/N-ethyl adjacent to an activating group) is 1.